The molecule has 4 rings (SSSR count). The average Bonchev–Trinajstić information content (AvgIpc) is 2.80. The molecule has 0 fully saturated rings. The molecule has 0 amide bonds. The first-order chi connectivity index (χ1) is 11.8. The van der Waals surface area contributed by atoms with Gasteiger partial charge < -0.3 is 5.32 Å². The lowest BCUT2D eigenvalue weighted by atomic mass is 9.98. The summed E-state index contributed by atoms with van der Waals surface area (Å²) >= 11 is 1.97. The summed E-state index contributed by atoms with van der Waals surface area (Å²) in [6.45, 7) is 3.13. The van der Waals surface area contributed by atoms with Crippen molar-refractivity contribution in [2.75, 3.05) is 17.6 Å². The number of thioether (sulfide) groups is 1. The molecule has 3 aromatic rings. The van der Waals surface area contributed by atoms with E-state index < -0.39 is 0 Å². The minimum atomic E-state index is 0.266. The summed E-state index contributed by atoms with van der Waals surface area (Å²) in [5, 5.41) is 8.61. The van der Waals surface area contributed by atoms with Crippen molar-refractivity contribution in [3.8, 4) is 11.4 Å². The number of rotatable bonds is 2. The molecule has 1 aromatic carbocycles. The van der Waals surface area contributed by atoms with Gasteiger partial charge in [0.2, 0.25) is 0 Å². The normalized spacial score (nSPS) is 17.0. The summed E-state index contributed by atoms with van der Waals surface area (Å²) in [5.41, 5.74) is 5.82. The van der Waals surface area contributed by atoms with E-state index in [1.54, 1.807) is 0 Å². The third kappa shape index (κ3) is 2.59. The van der Waals surface area contributed by atoms with Gasteiger partial charge in [-0.3, -0.25) is 9.67 Å². The van der Waals surface area contributed by atoms with Crippen LogP contribution in [0.2, 0.25) is 0 Å². The summed E-state index contributed by atoms with van der Waals surface area (Å²) in [7, 11) is 2.00. The second kappa shape index (κ2) is 6.32. The van der Waals surface area contributed by atoms with Gasteiger partial charge in [0.25, 0.3) is 0 Å². The third-order valence-corrected chi connectivity index (χ3v) is 5.67. The Balaban J connectivity index is 1.94. The molecule has 0 saturated carbocycles. The number of aromatic nitrogens is 3. The summed E-state index contributed by atoms with van der Waals surface area (Å²) in [6.07, 6.45) is 1.83. The molecular formula is C19H20N4S. The van der Waals surface area contributed by atoms with Gasteiger partial charge in [0.05, 0.1) is 10.9 Å². The van der Waals surface area contributed by atoms with Gasteiger partial charge in [0.15, 0.2) is 0 Å². The van der Waals surface area contributed by atoms with E-state index in [1.165, 1.54) is 16.7 Å². The van der Waals surface area contributed by atoms with E-state index in [0.717, 1.165) is 29.5 Å². The van der Waals surface area contributed by atoms with Crippen LogP contribution in [-0.2, 0) is 7.05 Å². The lowest BCUT2D eigenvalue weighted by molar-refractivity contribution is 0.773. The number of hydrogen-bond acceptors (Lipinski definition) is 4. The number of nitrogens with one attached hydrogen (secondary N) is 1. The number of pyridine rings is 1. The highest BCUT2D eigenvalue weighted by Crippen LogP contribution is 2.46. The second-order valence-electron chi connectivity index (χ2n) is 5.98. The van der Waals surface area contributed by atoms with Crippen molar-refractivity contribution in [1.82, 2.24) is 14.8 Å². The first kappa shape index (κ1) is 15.3. The Morgan fingerprint density at radius 2 is 2.00 bits per heavy atom. The number of fused-ring (bicyclic) bond motifs is 1. The maximum absolute atomic E-state index is 4.79. The highest BCUT2D eigenvalue weighted by molar-refractivity contribution is 7.99. The lowest BCUT2D eigenvalue weighted by Gasteiger charge is -2.18. The summed E-state index contributed by atoms with van der Waals surface area (Å²) in [5.74, 6) is 2.17. The van der Waals surface area contributed by atoms with E-state index in [2.05, 4.69) is 41.5 Å². The molecule has 1 aliphatic rings. The van der Waals surface area contributed by atoms with E-state index in [4.69, 9.17) is 5.10 Å². The Morgan fingerprint density at radius 3 is 2.79 bits per heavy atom. The number of benzene rings is 1. The van der Waals surface area contributed by atoms with Crippen LogP contribution in [0.5, 0.6) is 0 Å². The topological polar surface area (TPSA) is 42.7 Å². The van der Waals surface area contributed by atoms with Crippen LogP contribution >= 0.6 is 11.8 Å². The first-order valence-electron chi connectivity index (χ1n) is 8.15. The largest absolute Gasteiger partial charge is 0.369 e. The third-order valence-electron chi connectivity index (χ3n) is 4.40. The number of nitrogens with zero attached hydrogens (tertiary/aromatic N) is 3. The molecule has 2 aromatic heterocycles. The van der Waals surface area contributed by atoms with E-state index in [-0.39, 0.29) is 5.25 Å². The van der Waals surface area contributed by atoms with Crippen molar-refractivity contribution in [3.63, 3.8) is 0 Å². The van der Waals surface area contributed by atoms with Crippen molar-refractivity contribution in [3.05, 3.63) is 65.4 Å². The minimum Gasteiger partial charge on any atom is -0.369 e. The SMILES string of the molecule is Cc1ccccc1C1SCCNc2c1c(-c1ccccn1)nn2C. The molecule has 1 unspecified atom stereocenters. The summed E-state index contributed by atoms with van der Waals surface area (Å²) in [6, 6.07) is 14.6. The number of hydrogen-bond donors (Lipinski definition) is 1. The Kier molecular flexibility index (Phi) is 4.02. The summed E-state index contributed by atoms with van der Waals surface area (Å²) in [4.78, 5) is 4.54. The van der Waals surface area contributed by atoms with Gasteiger partial charge in [-0.1, -0.05) is 30.3 Å². The van der Waals surface area contributed by atoms with Crippen LogP contribution in [0.25, 0.3) is 11.4 Å². The molecule has 0 spiro atoms. The van der Waals surface area contributed by atoms with Crippen LogP contribution in [0.3, 0.4) is 0 Å². The van der Waals surface area contributed by atoms with Gasteiger partial charge in [-0.05, 0) is 30.2 Å². The van der Waals surface area contributed by atoms with Gasteiger partial charge >= 0.3 is 0 Å². The Hall–Kier alpha value is -2.27. The van der Waals surface area contributed by atoms with Gasteiger partial charge in [0.1, 0.15) is 11.5 Å². The molecule has 0 radical (unpaired) electrons. The van der Waals surface area contributed by atoms with Gasteiger partial charge in [-0.15, -0.1) is 11.8 Å². The van der Waals surface area contributed by atoms with Crippen LogP contribution in [-0.4, -0.2) is 27.1 Å². The lowest BCUT2D eigenvalue weighted by Crippen LogP contribution is -2.06. The molecule has 5 heteroatoms. The zero-order valence-electron chi connectivity index (χ0n) is 13.9. The molecule has 1 atom stereocenters. The van der Waals surface area contributed by atoms with E-state index in [9.17, 15) is 0 Å². The van der Waals surface area contributed by atoms with Gasteiger partial charge in [0, 0.05) is 31.1 Å². The van der Waals surface area contributed by atoms with Crippen LogP contribution in [0.15, 0.2) is 48.7 Å². The summed E-state index contributed by atoms with van der Waals surface area (Å²) < 4.78 is 1.95. The minimum absolute atomic E-state index is 0.266. The fraction of sp³-hybridized carbons (Fsp3) is 0.263. The Labute approximate surface area is 146 Å². The zero-order valence-corrected chi connectivity index (χ0v) is 14.7. The van der Waals surface area contributed by atoms with E-state index >= 15 is 0 Å². The molecule has 4 nitrogen and oxygen atoms in total. The molecular weight excluding hydrogens is 316 g/mol. The fourth-order valence-electron chi connectivity index (χ4n) is 3.25. The van der Waals surface area contributed by atoms with E-state index in [1.807, 2.05) is 47.9 Å². The molecule has 0 saturated heterocycles. The van der Waals surface area contributed by atoms with Crippen LogP contribution in [0, 0.1) is 6.92 Å². The molecule has 0 bridgehead atoms. The molecule has 0 aliphatic carbocycles. The predicted octanol–water partition coefficient (Wildman–Crippen LogP) is 4.04. The monoisotopic (exact) mass is 336 g/mol. The van der Waals surface area contributed by atoms with E-state index in [0.29, 0.717) is 0 Å². The number of anilines is 1. The molecule has 1 N–H and O–H groups in total. The average molecular weight is 336 g/mol. The van der Waals surface area contributed by atoms with Crippen LogP contribution in [0.4, 0.5) is 5.82 Å². The highest BCUT2D eigenvalue weighted by Gasteiger charge is 2.30. The van der Waals surface area contributed by atoms with Crippen molar-refractivity contribution >= 4 is 17.6 Å². The second-order valence-corrected chi connectivity index (χ2v) is 7.20. The first-order valence-corrected chi connectivity index (χ1v) is 9.20. The zero-order chi connectivity index (χ0) is 16.5. The molecule has 1 aliphatic heterocycles. The molecule has 24 heavy (non-hydrogen) atoms. The van der Waals surface area contributed by atoms with Crippen molar-refractivity contribution in [2.24, 2.45) is 7.05 Å². The Morgan fingerprint density at radius 1 is 1.17 bits per heavy atom. The molecule has 3 heterocycles. The maximum atomic E-state index is 4.79. The van der Waals surface area contributed by atoms with Crippen LogP contribution in [0.1, 0.15) is 21.9 Å². The highest BCUT2D eigenvalue weighted by atomic mass is 32.2. The quantitative estimate of drug-likeness (QED) is 0.767. The van der Waals surface area contributed by atoms with Crippen molar-refractivity contribution < 1.29 is 0 Å². The fourth-order valence-corrected chi connectivity index (χ4v) is 4.54. The van der Waals surface area contributed by atoms with Crippen molar-refractivity contribution in [1.29, 1.82) is 0 Å². The van der Waals surface area contributed by atoms with Crippen molar-refractivity contribution in [2.45, 2.75) is 12.2 Å². The predicted molar refractivity (Wildman–Crippen MR) is 100 cm³/mol. The smallest absolute Gasteiger partial charge is 0.129 e. The van der Waals surface area contributed by atoms with Crippen LogP contribution < -0.4 is 5.32 Å². The van der Waals surface area contributed by atoms with Gasteiger partial charge in [-0.2, -0.15) is 5.10 Å². The standard InChI is InChI=1S/C19H20N4S/c1-13-7-3-4-8-14(13)18-16-17(15-9-5-6-10-20-15)22-23(2)19(16)21-11-12-24-18/h3-10,18,21H,11-12H2,1-2H3. The molecule has 122 valence electrons. The number of aryl methyl sites for hydroxylation is 2. The maximum Gasteiger partial charge on any atom is 0.129 e. The Bertz CT molecular complexity index is 857. The van der Waals surface area contributed by atoms with Gasteiger partial charge in [-0.25, -0.2) is 0 Å².